The molecule has 0 saturated heterocycles. The van der Waals surface area contributed by atoms with Gasteiger partial charge in [-0.15, -0.1) is 11.3 Å². The van der Waals surface area contributed by atoms with E-state index in [9.17, 15) is 4.79 Å². The number of nitrogens with zero attached hydrogens (tertiary/aromatic N) is 2. The SMILES string of the molecule is COc1ccc(CC(=O)Nc2ccsc2-c2nc(-c3cccc(C)c3)no2)cc1. The molecule has 0 aliphatic rings. The van der Waals surface area contributed by atoms with Crippen molar-refractivity contribution in [2.75, 3.05) is 12.4 Å². The summed E-state index contributed by atoms with van der Waals surface area (Å²) >= 11 is 1.44. The van der Waals surface area contributed by atoms with Crippen LogP contribution in [-0.4, -0.2) is 23.2 Å². The van der Waals surface area contributed by atoms with Crippen molar-refractivity contribution in [3.63, 3.8) is 0 Å². The number of benzene rings is 2. The van der Waals surface area contributed by atoms with Crippen molar-refractivity contribution in [1.82, 2.24) is 10.1 Å². The van der Waals surface area contributed by atoms with Gasteiger partial charge in [0.2, 0.25) is 11.7 Å². The summed E-state index contributed by atoms with van der Waals surface area (Å²) < 4.78 is 10.6. The standard InChI is InChI=1S/C22H19N3O3S/c1-14-4-3-5-16(12-14)21-24-22(28-25-21)20-18(10-11-29-20)23-19(26)13-15-6-8-17(27-2)9-7-15/h3-12H,13H2,1-2H3,(H,23,26). The Balaban J connectivity index is 1.49. The first-order valence-electron chi connectivity index (χ1n) is 9.04. The smallest absolute Gasteiger partial charge is 0.270 e. The van der Waals surface area contributed by atoms with Crippen molar-refractivity contribution in [2.24, 2.45) is 0 Å². The van der Waals surface area contributed by atoms with Crippen molar-refractivity contribution in [3.05, 3.63) is 71.1 Å². The summed E-state index contributed by atoms with van der Waals surface area (Å²) in [5.74, 6) is 1.55. The highest BCUT2D eigenvalue weighted by Gasteiger charge is 2.17. The number of amides is 1. The van der Waals surface area contributed by atoms with Gasteiger partial charge in [0, 0.05) is 5.56 Å². The van der Waals surface area contributed by atoms with Crippen LogP contribution in [-0.2, 0) is 11.2 Å². The minimum absolute atomic E-state index is 0.117. The number of hydrogen-bond donors (Lipinski definition) is 1. The van der Waals surface area contributed by atoms with E-state index in [0.29, 0.717) is 17.4 Å². The Morgan fingerprint density at radius 3 is 2.76 bits per heavy atom. The Morgan fingerprint density at radius 2 is 2.00 bits per heavy atom. The molecule has 0 bridgehead atoms. The van der Waals surface area contributed by atoms with Crippen molar-refractivity contribution in [2.45, 2.75) is 13.3 Å². The fourth-order valence-electron chi connectivity index (χ4n) is 2.91. The molecule has 7 heteroatoms. The van der Waals surface area contributed by atoms with Crippen molar-refractivity contribution < 1.29 is 14.1 Å². The molecule has 6 nitrogen and oxygen atoms in total. The van der Waals surface area contributed by atoms with Crippen LogP contribution >= 0.6 is 11.3 Å². The second kappa shape index (κ2) is 8.28. The number of ether oxygens (including phenoxy) is 1. The van der Waals surface area contributed by atoms with E-state index < -0.39 is 0 Å². The number of aryl methyl sites for hydroxylation is 1. The maximum Gasteiger partial charge on any atom is 0.270 e. The van der Waals surface area contributed by atoms with Crippen molar-refractivity contribution >= 4 is 22.9 Å². The molecule has 146 valence electrons. The quantitative estimate of drug-likeness (QED) is 0.490. The van der Waals surface area contributed by atoms with Crippen LogP contribution < -0.4 is 10.1 Å². The Bertz CT molecular complexity index is 1130. The average Bonchev–Trinajstić information content (AvgIpc) is 3.38. The zero-order valence-corrected chi connectivity index (χ0v) is 16.8. The monoisotopic (exact) mass is 405 g/mol. The van der Waals surface area contributed by atoms with E-state index in [0.717, 1.165) is 27.3 Å². The van der Waals surface area contributed by atoms with Gasteiger partial charge in [0.1, 0.15) is 10.6 Å². The number of nitrogens with one attached hydrogen (secondary N) is 1. The molecule has 2 heterocycles. The molecular weight excluding hydrogens is 386 g/mol. The van der Waals surface area contributed by atoms with Crippen LogP contribution in [0.2, 0.25) is 0 Å². The highest BCUT2D eigenvalue weighted by molar-refractivity contribution is 7.14. The summed E-state index contributed by atoms with van der Waals surface area (Å²) in [5, 5.41) is 8.90. The van der Waals surface area contributed by atoms with Gasteiger partial charge in [-0.1, -0.05) is 41.1 Å². The summed E-state index contributed by atoms with van der Waals surface area (Å²) in [6.45, 7) is 2.01. The Hall–Kier alpha value is -3.45. The molecule has 4 aromatic rings. The van der Waals surface area contributed by atoms with E-state index >= 15 is 0 Å². The zero-order chi connectivity index (χ0) is 20.2. The van der Waals surface area contributed by atoms with Gasteiger partial charge in [-0.2, -0.15) is 4.98 Å². The molecule has 0 aliphatic carbocycles. The number of carbonyl (C=O) groups is 1. The van der Waals surface area contributed by atoms with E-state index in [1.807, 2.05) is 66.9 Å². The molecule has 0 atom stereocenters. The molecule has 0 unspecified atom stereocenters. The molecule has 0 aliphatic heterocycles. The molecule has 0 fully saturated rings. The lowest BCUT2D eigenvalue weighted by Crippen LogP contribution is -2.14. The van der Waals surface area contributed by atoms with Crippen LogP contribution in [0.4, 0.5) is 5.69 Å². The highest BCUT2D eigenvalue weighted by Crippen LogP contribution is 2.34. The first-order valence-corrected chi connectivity index (χ1v) is 9.92. The third-order valence-corrected chi connectivity index (χ3v) is 5.26. The van der Waals surface area contributed by atoms with E-state index in [1.165, 1.54) is 11.3 Å². The van der Waals surface area contributed by atoms with Crippen LogP contribution in [0.3, 0.4) is 0 Å². The third kappa shape index (κ3) is 4.35. The minimum atomic E-state index is -0.117. The second-order valence-corrected chi connectivity index (χ2v) is 7.45. The predicted molar refractivity (Wildman–Crippen MR) is 113 cm³/mol. The largest absolute Gasteiger partial charge is 0.497 e. The van der Waals surface area contributed by atoms with E-state index in [2.05, 4.69) is 15.5 Å². The summed E-state index contributed by atoms with van der Waals surface area (Å²) in [7, 11) is 1.61. The van der Waals surface area contributed by atoms with Crippen LogP contribution in [0, 0.1) is 6.92 Å². The number of rotatable bonds is 6. The van der Waals surface area contributed by atoms with Crippen molar-refractivity contribution in [1.29, 1.82) is 0 Å². The molecule has 1 amide bonds. The number of aromatic nitrogens is 2. The van der Waals surface area contributed by atoms with Crippen LogP contribution in [0.5, 0.6) is 5.75 Å². The number of hydrogen-bond acceptors (Lipinski definition) is 6. The third-order valence-electron chi connectivity index (χ3n) is 4.36. The van der Waals surface area contributed by atoms with Crippen LogP contribution in [0.15, 0.2) is 64.5 Å². The highest BCUT2D eigenvalue weighted by atomic mass is 32.1. The first kappa shape index (κ1) is 18.9. The van der Waals surface area contributed by atoms with E-state index in [4.69, 9.17) is 9.26 Å². The molecule has 4 rings (SSSR count). The normalized spacial score (nSPS) is 10.7. The van der Waals surface area contributed by atoms with Gasteiger partial charge in [-0.05, 0) is 42.1 Å². The van der Waals surface area contributed by atoms with Gasteiger partial charge in [-0.3, -0.25) is 4.79 Å². The van der Waals surface area contributed by atoms with Gasteiger partial charge in [-0.25, -0.2) is 0 Å². The Morgan fingerprint density at radius 1 is 1.17 bits per heavy atom. The topological polar surface area (TPSA) is 77.2 Å². The average molecular weight is 405 g/mol. The fourth-order valence-corrected chi connectivity index (χ4v) is 3.68. The lowest BCUT2D eigenvalue weighted by Gasteiger charge is -2.06. The van der Waals surface area contributed by atoms with E-state index in [-0.39, 0.29) is 12.3 Å². The van der Waals surface area contributed by atoms with Gasteiger partial charge in [0.05, 0.1) is 19.2 Å². The van der Waals surface area contributed by atoms with Gasteiger partial charge in [0.15, 0.2) is 0 Å². The number of methoxy groups -OCH3 is 1. The molecule has 1 N–H and O–H groups in total. The van der Waals surface area contributed by atoms with Gasteiger partial charge >= 0.3 is 0 Å². The molecule has 2 aromatic carbocycles. The van der Waals surface area contributed by atoms with E-state index in [1.54, 1.807) is 7.11 Å². The lowest BCUT2D eigenvalue weighted by atomic mass is 10.1. The molecular formula is C22H19N3O3S. The van der Waals surface area contributed by atoms with Crippen LogP contribution in [0.1, 0.15) is 11.1 Å². The zero-order valence-electron chi connectivity index (χ0n) is 16.0. The van der Waals surface area contributed by atoms with Gasteiger partial charge < -0.3 is 14.6 Å². The maximum atomic E-state index is 12.5. The number of carbonyl (C=O) groups excluding carboxylic acids is 1. The molecule has 2 aromatic heterocycles. The molecule has 0 spiro atoms. The molecule has 0 radical (unpaired) electrons. The summed E-state index contributed by atoms with van der Waals surface area (Å²) in [6.07, 6.45) is 0.262. The summed E-state index contributed by atoms with van der Waals surface area (Å²) in [5.41, 5.74) is 3.57. The summed E-state index contributed by atoms with van der Waals surface area (Å²) in [6, 6.07) is 17.2. The maximum absolute atomic E-state index is 12.5. The number of anilines is 1. The second-order valence-electron chi connectivity index (χ2n) is 6.53. The Labute approximate surface area is 172 Å². The molecule has 29 heavy (non-hydrogen) atoms. The van der Waals surface area contributed by atoms with Gasteiger partial charge in [0.25, 0.3) is 5.89 Å². The minimum Gasteiger partial charge on any atom is -0.497 e. The molecule has 0 saturated carbocycles. The lowest BCUT2D eigenvalue weighted by molar-refractivity contribution is -0.115. The van der Waals surface area contributed by atoms with Crippen LogP contribution in [0.25, 0.3) is 22.2 Å². The number of thiophene rings is 1. The summed E-state index contributed by atoms with van der Waals surface area (Å²) in [4.78, 5) is 17.7. The Kier molecular flexibility index (Phi) is 5.39. The fraction of sp³-hybridized carbons (Fsp3) is 0.136. The first-order chi connectivity index (χ1) is 14.1. The predicted octanol–water partition coefficient (Wildman–Crippen LogP) is 4.96. The van der Waals surface area contributed by atoms with Crippen molar-refractivity contribution in [3.8, 4) is 27.9 Å².